The van der Waals surface area contributed by atoms with Crippen LogP contribution < -0.4 is 46.1 Å². The zero-order chi connectivity index (χ0) is 26.3. The summed E-state index contributed by atoms with van der Waals surface area (Å²) in [6.45, 7) is 2.41. The summed E-state index contributed by atoms with van der Waals surface area (Å²) in [5.74, 6) is 0.894. The molecule has 1 fully saturated rings. The van der Waals surface area contributed by atoms with Gasteiger partial charge in [0.1, 0.15) is 11.9 Å². The van der Waals surface area contributed by atoms with Crippen molar-refractivity contribution < 1.29 is 64.5 Å². The molecule has 0 aliphatic carbocycles. The van der Waals surface area contributed by atoms with E-state index >= 15 is 0 Å². The van der Waals surface area contributed by atoms with E-state index in [1.165, 1.54) is 0 Å². The maximum absolute atomic E-state index is 12.4. The third-order valence-corrected chi connectivity index (χ3v) is 9.18. The van der Waals surface area contributed by atoms with Crippen LogP contribution in [0.25, 0.3) is 12.2 Å². The van der Waals surface area contributed by atoms with Gasteiger partial charge in [-0.3, -0.25) is 0 Å². The molecule has 1 aromatic heterocycles. The number of nitrogens with zero attached hydrogens (tertiary/aromatic N) is 3. The van der Waals surface area contributed by atoms with E-state index in [1.807, 2.05) is 15.6 Å². The molecule has 3 heterocycles. The van der Waals surface area contributed by atoms with Gasteiger partial charge in [-0.2, -0.15) is 0 Å². The zero-order valence-corrected chi connectivity index (χ0v) is 26.0. The standard InChI is InChI=1S/C21H29N3O8S4.Na/c1-22-17(7-8-20-24(12-14-34-20)10-4-16-36(29,30)31)21(25)32-18(22)5-2-6-19-23(11-13-33-19)9-3-15-35(26,27)28;/h2,5-8H,3-4,9-16H2,1H3,(H-,26,27,28,29,30,31);/q;+1/p-1/b17-7-,20-8-;. The van der Waals surface area contributed by atoms with Gasteiger partial charge in [-0.1, -0.05) is 11.8 Å². The maximum atomic E-state index is 12.4. The summed E-state index contributed by atoms with van der Waals surface area (Å²) >= 11 is 3.21. The Labute approximate surface area is 246 Å². The topological polar surface area (TPSA) is 156 Å². The number of rotatable bonds is 11. The van der Waals surface area contributed by atoms with Crippen LogP contribution in [0.2, 0.25) is 0 Å². The van der Waals surface area contributed by atoms with E-state index in [9.17, 15) is 30.7 Å². The summed E-state index contributed by atoms with van der Waals surface area (Å²) in [6.07, 6.45) is 9.24. The summed E-state index contributed by atoms with van der Waals surface area (Å²) in [7, 11) is -6.75. The largest absolute Gasteiger partial charge is 1.00 e. The molecule has 0 spiro atoms. The first-order valence-electron chi connectivity index (χ1n) is 11.2. The predicted octanol–water partition coefficient (Wildman–Crippen LogP) is -3.98. The van der Waals surface area contributed by atoms with Gasteiger partial charge >= 0.3 is 35.2 Å². The average molecular weight is 602 g/mol. The summed E-state index contributed by atoms with van der Waals surface area (Å²) in [4.78, 5) is 14.4. The van der Waals surface area contributed by atoms with Crippen molar-refractivity contribution in [2.75, 3.05) is 49.2 Å². The van der Waals surface area contributed by atoms with Gasteiger partial charge in [0.05, 0.1) is 31.0 Å². The molecule has 0 bridgehead atoms. The molecular weight excluding hydrogens is 574 g/mol. The molecule has 1 saturated heterocycles. The maximum Gasteiger partial charge on any atom is 1.00 e. The van der Waals surface area contributed by atoms with E-state index in [0.717, 1.165) is 34.7 Å². The van der Waals surface area contributed by atoms with Gasteiger partial charge in [-0.25, -0.2) is 26.2 Å². The SMILES string of the molecule is Cn1/c(=C/C=C/C2=[N+](CCCS(=O)(=O)[O-])CCS2)oc(=O)/c1=C/C=C1\SCCN1CCCS(=O)(=O)[O-].[Na+]. The van der Waals surface area contributed by atoms with Gasteiger partial charge in [0.15, 0.2) is 6.54 Å². The molecule has 2 aliphatic heterocycles. The second kappa shape index (κ2) is 14.6. The summed E-state index contributed by atoms with van der Waals surface area (Å²) in [5, 5.41) is 2.19. The van der Waals surface area contributed by atoms with Crippen molar-refractivity contribution in [2.24, 2.45) is 7.05 Å². The summed E-state index contributed by atoms with van der Waals surface area (Å²) < 4.78 is 73.9. The molecule has 2 aliphatic rings. The Hall–Kier alpha value is -0.780. The number of thioether (sulfide) groups is 2. The summed E-state index contributed by atoms with van der Waals surface area (Å²) in [5.41, 5.74) is -0.144. The molecule has 16 heteroatoms. The molecule has 200 valence electrons. The molecule has 0 radical (unpaired) electrons. The van der Waals surface area contributed by atoms with Crippen molar-refractivity contribution >= 4 is 61.0 Å². The van der Waals surface area contributed by atoms with E-state index in [0.29, 0.717) is 24.0 Å². The number of hydrogen-bond acceptors (Lipinski definition) is 11. The Kier molecular flexibility index (Phi) is 12.8. The fraction of sp³-hybridized carbons (Fsp3) is 0.524. The van der Waals surface area contributed by atoms with E-state index in [-0.39, 0.29) is 48.2 Å². The van der Waals surface area contributed by atoms with Gasteiger partial charge in [0, 0.05) is 49.9 Å². The van der Waals surface area contributed by atoms with Crippen molar-refractivity contribution in [3.8, 4) is 0 Å². The van der Waals surface area contributed by atoms with E-state index in [1.54, 1.807) is 59.4 Å². The van der Waals surface area contributed by atoms with Crippen molar-refractivity contribution in [2.45, 2.75) is 12.8 Å². The molecule has 0 amide bonds. The number of oxazole rings is 1. The Morgan fingerprint density at radius 1 is 1.03 bits per heavy atom. The van der Waals surface area contributed by atoms with E-state index < -0.39 is 31.6 Å². The smallest absolute Gasteiger partial charge is 0.748 e. The predicted molar refractivity (Wildman–Crippen MR) is 139 cm³/mol. The Morgan fingerprint density at radius 3 is 2.43 bits per heavy atom. The third kappa shape index (κ3) is 10.7. The quantitative estimate of drug-likeness (QED) is 0.138. The molecule has 0 saturated carbocycles. The van der Waals surface area contributed by atoms with Gasteiger partial charge in [-0.05, 0) is 30.7 Å². The van der Waals surface area contributed by atoms with E-state index in [2.05, 4.69) is 0 Å². The molecular formula is C21H28N3NaO8S4. The Morgan fingerprint density at radius 2 is 1.73 bits per heavy atom. The first kappa shape index (κ1) is 32.4. The van der Waals surface area contributed by atoms with Crippen LogP contribution >= 0.6 is 23.5 Å². The minimum atomic E-state index is -4.24. The number of hydrogen-bond donors (Lipinski definition) is 0. The van der Waals surface area contributed by atoms with E-state index in [4.69, 9.17) is 4.42 Å². The van der Waals surface area contributed by atoms with Crippen LogP contribution in [-0.4, -0.2) is 94.2 Å². The average Bonchev–Trinajstić information content (AvgIpc) is 3.46. The Balaban J connectivity index is 0.00000481. The second-order valence-electron chi connectivity index (χ2n) is 8.11. The third-order valence-electron chi connectivity index (χ3n) is 5.45. The first-order chi connectivity index (χ1) is 16.9. The molecule has 37 heavy (non-hydrogen) atoms. The normalized spacial score (nSPS) is 19.1. The Bertz CT molecular complexity index is 1440. The van der Waals surface area contributed by atoms with Crippen LogP contribution in [0.4, 0.5) is 0 Å². The molecule has 0 atom stereocenters. The van der Waals surface area contributed by atoms with Crippen LogP contribution in [0.15, 0.2) is 32.5 Å². The fourth-order valence-electron chi connectivity index (χ4n) is 3.70. The second-order valence-corrected chi connectivity index (χ2v) is 13.4. The molecule has 0 unspecified atom stereocenters. The molecule has 1 aromatic rings. The van der Waals surface area contributed by atoms with Gasteiger partial charge < -0.3 is 23.0 Å². The monoisotopic (exact) mass is 601 g/mol. The van der Waals surface area contributed by atoms with Crippen LogP contribution in [0.3, 0.4) is 0 Å². The molecule has 11 nitrogen and oxygen atoms in total. The van der Waals surface area contributed by atoms with Crippen molar-refractivity contribution in [1.82, 2.24) is 9.47 Å². The van der Waals surface area contributed by atoms with Gasteiger partial charge in [0.25, 0.3) is 0 Å². The van der Waals surface area contributed by atoms with Crippen molar-refractivity contribution in [3.63, 3.8) is 0 Å². The van der Waals surface area contributed by atoms with Crippen LogP contribution in [0, 0.1) is 0 Å². The van der Waals surface area contributed by atoms with Crippen LogP contribution in [0.5, 0.6) is 0 Å². The number of aromatic nitrogens is 1. The first-order valence-corrected chi connectivity index (χ1v) is 16.3. The molecule has 0 aromatic carbocycles. The summed E-state index contributed by atoms with van der Waals surface area (Å²) in [6, 6.07) is 0. The fourth-order valence-corrected chi connectivity index (χ4v) is 6.78. The number of allylic oxidation sites excluding steroid dienone is 2. The van der Waals surface area contributed by atoms with Crippen molar-refractivity contribution in [1.29, 1.82) is 0 Å². The van der Waals surface area contributed by atoms with Gasteiger partial charge in [-0.15, -0.1) is 11.8 Å². The minimum Gasteiger partial charge on any atom is -0.748 e. The van der Waals surface area contributed by atoms with Crippen molar-refractivity contribution in [3.05, 3.63) is 44.6 Å². The zero-order valence-electron chi connectivity index (χ0n) is 20.7. The minimum absolute atomic E-state index is 0. The molecule has 3 rings (SSSR count). The van der Waals surface area contributed by atoms with Crippen LogP contribution in [-0.2, 0) is 27.3 Å². The van der Waals surface area contributed by atoms with Crippen LogP contribution in [0.1, 0.15) is 12.8 Å². The van der Waals surface area contributed by atoms with Gasteiger partial charge in [0.2, 0.25) is 10.6 Å². The molecule has 0 N–H and O–H groups in total.